The minimum Gasteiger partial charge on any atom is -0.461 e. The van der Waals surface area contributed by atoms with Crippen molar-refractivity contribution in [2.24, 2.45) is 5.41 Å². The number of carbonyl (C=O) groups excluding carboxylic acids is 2. The van der Waals surface area contributed by atoms with Gasteiger partial charge in [-0.05, 0) is 37.1 Å². The molecule has 1 aliphatic rings. The van der Waals surface area contributed by atoms with E-state index >= 15 is 0 Å². The molecule has 0 bridgehead atoms. The summed E-state index contributed by atoms with van der Waals surface area (Å²) in [5, 5.41) is 0. The van der Waals surface area contributed by atoms with E-state index in [4.69, 9.17) is 15.2 Å². The molecule has 0 amide bonds. The Balaban J connectivity index is 1.35. The molecule has 2 N–H and O–H groups in total. The zero-order valence-corrected chi connectivity index (χ0v) is 18.4. The third-order valence-electron chi connectivity index (χ3n) is 6.09. The molecule has 0 spiro atoms. The van der Waals surface area contributed by atoms with Gasteiger partial charge in [0.05, 0.1) is 24.1 Å². The van der Waals surface area contributed by atoms with Crippen LogP contribution in [0.25, 0.3) is 11.2 Å². The maximum Gasteiger partial charge on any atom is 0.344 e. The summed E-state index contributed by atoms with van der Waals surface area (Å²) in [6, 6.07) is 17.5. The van der Waals surface area contributed by atoms with Gasteiger partial charge in [-0.1, -0.05) is 42.8 Å². The van der Waals surface area contributed by atoms with E-state index in [9.17, 15) is 9.59 Å². The number of benzene rings is 2. The highest BCUT2D eigenvalue weighted by molar-refractivity contribution is 5.92. The fourth-order valence-electron chi connectivity index (χ4n) is 4.10. The third kappa shape index (κ3) is 4.32. The molecule has 5 rings (SSSR count). The van der Waals surface area contributed by atoms with Gasteiger partial charge in [0, 0.05) is 12.0 Å². The lowest BCUT2D eigenvalue weighted by molar-refractivity contribution is -0.00623. The van der Waals surface area contributed by atoms with E-state index in [-0.39, 0.29) is 29.8 Å². The molecule has 1 saturated carbocycles. The number of nitrogen functional groups attached to an aromatic ring is 1. The second kappa shape index (κ2) is 8.93. The van der Waals surface area contributed by atoms with Gasteiger partial charge in [-0.2, -0.15) is 9.97 Å². The summed E-state index contributed by atoms with van der Waals surface area (Å²) in [4.78, 5) is 37.7. The molecule has 2 aromatic carbocycles. The molecule has 2 aromatic heterocycles. The lowest BCUT2D eigenvalue weighted by atomic mass is 9.69. The normalized spacial score (nSPS) is 14.4. The number of esters is 2. The van der Waals surface area contributed by atoms with Crippen LogP contribution in [0.2, 0.25) is 0 Å². The van der Waals surface area contributed by atoms with Crippen LogP contribution in [0.3, 0.4) is 0 Å². The van der Waals surface area contributed by atoms with Crippen molar-refractivity contribution in [2.45, 2.75) is 25.8 Å². The van der Waals surface area contributed by atoms with Gasteiger partial charge < -0.3 is 19.8 Å². The summed E-state index contributed by atoms with van der Waals surface area (Å²) in [5.74, 6) is -0.918. The number of aromatic nitrogens is 4. The molecule has 0 saturated heterocycles. The van der Waals surface area contributed by atoms with Gasteiger partial charge in [0.25, 0.3) is 5.88 Å². The molecular weight excluding hydrogens is 434 g/mol. The Hall–Kier alpha value is -4.27. The van der Waals surface area contributed by atoms with E-state index in [1.807, 2.05) is 16.7 Å². The Morgan fingerprint density at radius 1 is 0.941 bits per heavy atom. The fourth-order valence-corrected chi connectivity index (χ4v) is 4.10. The Morgan fingerprint density at radius 2 is 1.59 bits per heavy atom. The van der Waals surface area contributed by atoms with Crippen LogP contribution in [0.5, 0.6) is 5.88 Å². The first-order valence-electron chi connectivity index (χ1n) is 11.0. The fraction of sp³-hybridized carbons (Fsp3) is 0.240. The predicted octanol–water partition coefficient (Wildman–Crippen LogP) is 3.66. The molecular formula is C25H23N5O4. The Bertz CT molecular complexity index is 1330. The second-order valence-electron chi connectivity index (χ2n) is 8.48. The van der Waals surface area contributed by atoms with E-state index in [0.717, 1.165) is 19.3 Å². The highest BCUT2D eigenvalue weighted by atomic mass is 16.5. The zero-order valence-electron chi connectivity index (χ0n) is 18.4. The largest absolute Gasteiger partial charge is 0.461 e. The molecule has 1 aliphatic carbocycles. The summed E-state index contributed by atoms with van der Waals surface area (Å²) in [6.07, 6.45) is 4.49. The molecule has 1 fully saturated rings. The number of rotatable bonds is 7. The summed E-state index contributed by atoms with van der Waals surface area (Å²) in [7, 11) is 0. The van der Waals surface area contributed by atoms with Crippen LogP contribution in [0.4, 0.5) is 5.95 Å². The standard InChI is InChI=1S/C25H23N5O4/c26-24-28-20-19(21(29-24)34-23(32)18-10-5-2-6-11-18)27-16-30(20)14-25(12-7-13-25)15-33-22(31)17-8-3-1-4-9-17/h1-6,8-11,16H,7,12-15H2,(H2,26,28,29). The smallest absolute Gasteiger partial charge is 0.344 e. The number of anilines is 1. The van der Waals surface area contributed by atoms with E-state index in [1.165, 1.54) is 0 Å². The maximum atomic E-state index is 12.5. The van der Waals surface area contributed by atoms with Crippen molar-refractivity contribution in [3.63, 3.8) is 0 Å². The Morgan fingerprint density at radius 3 is 2.21 bits per heavy atom. The maximum absolute atomic E-state index is 12.5. The second-order valence-corrected chi connectivity index (χ2v) is 8.48. The Kier molecular flexibility index (Phi) is 5.67. The van der Waals surface area contributed by atoms with E-state index in [2.05, 4.69) is 15.0 Å². The van der Waals surface area contributed by atoms with Crippen LogP contribution in [0, 0.1) is 5.41 Å². The minimum absolute atomic E-state index is 0.00766. The highest BCUT2D eigenvalue weighted by Crippen LogP contribution is 2.43. The monoisotopic (exact) mass is 457 g/mol. The van der Waals surface area contributed by atoms with Crippen molar-refractivity contribution >= 4 is 29.1 Å². The number of carbonyl (C=O) groups is 2. The van der Waals surface area contributed by atoms with Crippen molar-refractivity contribution < 1.29 is 19.1 Å². The number of fused-ring (bicyclic) bond motifs is 1. The first kappa shape index (κ1) is 21.6. The molecule has 0 aliphatic heterocycles. The molecule has 34 heavy (non-hydrogen) atoms. The topological polar surface area (TPSA) is 122 Å². The summed E-state index contributed by atoms with van der Waals surface area (Å²) < 4.78 is 13.0. The molecule has 0 radical (unpaired) electrons. The number of hydrogen-bond acceptors (Lipinski definition) is 8. The number of nitrogens with two attached hydrogens (primary N) is 1. The highest BCUT2D eigenvalue weighted by Gasteiger charge is 2.39. The number of nitrogens with zero attached hydrogens (tertiary/aromatic N) is 4. The Labute approximate surface area is 195 Å². The lowest BCUT2D eigenvalue weighted by Crippen LogP contribution is -2.39. The molecule has 2 heterocycles. The van der Waals surface area contributed by atoms with Crippen LogP contribution in [0.15, 0.2) is 67.0 Å². The van der Waals surface area contributed by atoms with Crippen LogP contribution < -0.4 is 10.5 Å². The van der Waals surface area contributed by atoms with Gasteiger partial charge in [0.2, 0.25) is 5.95 Å². The number of imidazole rings is 1. The first-order valence-corrected chi connectivity index (χ1v) is 11.0. The minimum atomic E-state index is -0.558. The van der Waals surface area contributed by atoms with E-state index in [1.54, 1.807) is 54.9 Å². The van der Waals surface area contributed by atoms with Crippen molar-refractivity contribution in [3.8, 4) is 5.88 Å². The van der Waals surface area contributed by atoms with Gasteiger partial charge in [0.1, 0.15) is 0 Å². The molecule has 0 atom stereocenters. The quantitative estimate of drug-likeness (QED) is 0.417. The van der Waals surface area contributed by atoms with Crippen molar-refractivity contribution in [1.29, 1.82) is 0 Å². The van der Waals surface area contributed by atoms with Gasteiger partial charge in [-0.15, -0.1) is 0 Å². The van der Waals surface area contributed by atoms with E-state index in [0.29, 0.717) is 28.8 Å². The van der Waals surface area contributed by atoms with Crippen molar-refractivity contribution in [3.05, 3.63) is 78.1 Å². The SMILES string of the molecule is Nc1nc(OC(=O)c2ccccc2)c2ncn(CC3(COC(=O)c4ccccc4)CCC3)c2n1. The number of ether oxygens (including phenoxy) is 2. The molecule has 9 heteroatoms. The van der Waals surface area contributed by atoms with Crippen molar-refractivity contribution in [2.75, 3.05) is 12.3 Å². The molecule has 4 aromatic rings. The van der Waals surface area contributed by atoms with E-state index < -0.39 is 5.97 Å². The first-order chi connectivity index (χ1) is 16.5. The van der Waals surface area contributed by atoms with Gasteiger partial charge >= 0.3 is 11.9 Å². The van der Waals surface area contributed by atoms with Gasteiger partial charge in [-0.3, -0.25) is 0 Å². The summed E-state index contributed by atoms with van der Waals surface area (Å²) in [6.45, 7) is 0.824. The predicted molar refractivity (Wildman–Crippen MR) is 124 cm³/mol. The lowest BCUT2D eigenvalue weighted by Gasteiger charge is -2.41. The molecule has 172 valence electrons. The molecule has 9 nitrogen and oxygen atoms in total. The van der Waals surface area contributed by atoms with Gasteiger partial charge in [-0.25, -0.2) is 14.6 Å². The molecule has 0 unspecified atom stereocenters. The van der Waals surface area contributed by atoms with Crippen LogP contribution in [-0.2, 0) is 11.3 Å². The average Bonchev–Trinajstić information content (AvgIpc) is 3.24. The van der Waals surface area contributed by atoms with Crippen molar-refractivity contribution in [1.82, 2.24) is 19.5 Å². The van der Waals surface area contributed by atoms with Gasteiger partial charge in [0.15, 0.2) is 11.2 Å². The van der Waals surface area contributed by atoms with Crippen LogP contribution >= 0.6 is 0 Å². The van der Waals surface area contributed by atoms with Crippen LogP contribution in [-0.4, -0.2) is 38.1 Å². The van der Waals surface area contributed by atoms with Crippen LogP contribution in [0.1, 0.15) is 40.0 Å². The summed E-state index contributed by atoms with van der Waals surface area (Å²) in [5.41, 5.74) is 7.41. The zero-order chi connectivity index (χ0) is 23.5. The third-order valence-corrected chi connectivity index (χ3v) is 6.09. The number of hydrogen-bond donors (Lipinski definition) is 1. The summed E-state index contributed by atoms with van der Waals surface area (Å²) >= 11 is 0. The average molecular weight is 457 g/mol.